The van der Waals surface area contributed by atoms with E-state index in [1.54, 1.807) is 22.8 Å². The number of hydrogen-bond donors (Lipinski definition) is 1. The van der Waals surface area contributed by atoms with Gasteiger partial charge in [0.25, 0.3) is 11.8 Å². The van der Waals surface area contributed by atoms with E-state index in [-0.39, 0.29) is 11.6 Å². The van der Waals surface area contributed by atoms with Crippen LogP contribution in [0, 0.1) is 6.92 Å². The molecule has 0 saturated carbocycles. The summed E-state index contributed by atoms with van der Waals surface area (Å²) in [6.07, 6.45) is 1.54. The predicted molar refractivity (Wildman–Crippen MR) is 72.6 cm³/mol. The molecule has 6 nitrogen and oxygen atoms in total. The zero-order chi connectivity index (χ0) is 14.4. The molecule has 1 aromatic carbocycles. The first-order valence-corrected chi connectivity index (χ1v) is 6.22. The number of benzene rings is 1. The van der Waals surface area contributed by atoms with Crippen molar-refractivity contribution in [2.24, 2.45) is 5.73 Å². The van der Waals surface area contributed by atoms with Gasteiger partial charge in [-0.15, -0.1) is 0 Å². The molecule has 0 radical (unpaired) electrons. The van der Waals surface area contributed by atoms with Gasteiger partial charge in [0.2, 0.25) is 0 Å². The fraction of sp³-hybridized carbons (Fsp3) is 0.214. The summed E-state index contributed by atoms with van der Waals surface area (Å²) in [6, 6.07) is 5.61. The number of primary amides is 1. The summed E-state index contributed by atoms with van der Waals surface area (Å²) < 4.78 is 1.77. The lowest BCUT2D eigenvalue weighted by molar-refractivity contribution is 0.0785. The van der Waals surface area contributed by atoms with Crippen LogP contribution in [0.4, 0.5) is 0 Å². The number of aryl methyl sites for hydroxylation is 1. The Hall–Kier alpha value is -2.63. The molecule has 2 heterocycles. The van der Waals surface area contributed by atoms with Crippen molar-refractivity contribution in [2.45, 2.75) is 13.5 Å². The van der Waals surface area contributed by atoms with E-state index in [1.165, 1.54) is 0 Å². The van der Waals surface area contributed by atoms with Crippen molar-refractivity contribution >= 4 is 11.8 Å². The molecule has 0 atom stereocenters. The molecule has 2 amide bonds. The minimum atomic E-state index is -0.587. The average molecular weight is 270 g/mol. The van der Waals surface area contributed by atoms with Crippen LogP contribution in [-0.2, 0) is 6.54 Å². The quantitative estimate of drug-likeness (QED) is 0.834. The SMILES string of the molecule is Cc1cccc2c1C(=O)N(C)Cc1c(C(N)=O)ncn1-2. The number of aromatic nitrogens is 2. The maximum atomic E-state index is 12.5. The van der Waals surface area contributed by atoms with Gasteiger partial charge in [0.1, 0.15) is 6.33 Å². The molecule has 0 aliphatic carbocycles. The van der Waals surface area contributed by atoms with E-state index in [1.807, 2.05) is 25.1 Å². The van der Waals surface area contributed by atoms with Crippen LogP contribution in [0.15, 0.2) is 24.5 Å². The predicted octanol–water partition coefficient (Wildman–Crippen LogP) is 0.865. The summed E-state index contributed by atoms with van der Waals surface area (Å²) in [6.45, 7) is 2.19. The van der Waals surface area contributed by atoms with E-state index in [2.05, 4.69) is 4.98 Å². The molecule has 1 aromatic heterocycles. The molecular formula is C14H14N4O2. The highest BCUT2D eigenvalue weighted by atomic mass is 16.2. The summed E-state index contributed by atoms with van der Waals surface area (Å²) in [5.74, 6) is -0.659. The number of nitrogens with zero attached hydrogens (tertiary/aromatic N) is 3. The van der Waals surface area contributed by atoms with Gasteiger partial charge in [-0.2, -0.15) is 0 Å². The fourth-order valence-electron chi connectivity index (χ4n) is 2.56. The van der Waals surface area contributed by atoms with Gasteiger partial charge in [-0.3, -0.25) is 14.2 Å². The lowest BCUT2D eigenvalue weighted by Gasteiger charge is -2.15. The van der Waals surface area contributed by atoms with Crippen LogP contribution in [0.2, 0.25) is 0 Å². The van der Waals surface area contributed by atoms with Gasteiger partial charge >= 0.3 is 0 Å². The van der Waals surface area contributed by atoms with Crippen LogP contribution in [-0.4, -0.2) is 33.3 Å². The third-order valence-corrected chi connectivity index (χ3v) is 3.56. The maximum absolute atomic E-state index is 12.5. The minimum Gasteiger partial charge on any atom is -0.364 e. The monoisotopic (exact) mass is 270 g/mol. The molecule has 0 unspecified atom stereocenters. The highest BCUT2D eigenvalue weighted by molar-refractivity contribution is 6.00. The van der Waals surface area contributed by atoms with Crippen molar-refractivity contribution in [2.75, 3.05) is 7.05 Å². The summed E-state index contributed by atoms with van der Waals surface area (Å²) >= 11 is 0. The third-order valence-electron chi connectivity index (χ3n) is 3.56. The number of carbonyl (C=O) groups excluding carboxylic acids is 2. The summed E-state index contributed by atoms with van der Waals surface area (Å²) in [5, 5.41) is 0. The van der Waals surface area contributed by atoms with Crippen molar-refractivity contribution in [1.82, 2.24) is 14.5 Å². The minimum absolute atomic E-state index is 0.0720. The van der Waals surface area contributed by atoms with E-state index >= 15 is 0 Å². The Labute approximate surface area is 115 Å². The smallest absolute Gasteiger partial charge is 0.269 e. The second-order valence-electron chi connectivity index (χ2n) is 4.90. The van der Waals surface area contributed by atoms with Crippen LogP contribution in [0.5, 0.6) is 0 Å². The molecule has 0 spiro atoms. The molecule has 102 valence electrons. The molecule has 0 fully saturated rings. The van der Waals surface area contributed by atoms with E-state index in [9.17, 15) is 9.59 Å². The second-order valence-corrected chi connectivity index (χ2v) is 4.90. The van der Waals surface area contributed by atoms with Crippen LogP contribution in [0.25, 0.3) is 5.69 Å². The first-order valence-electron chi connectivity index (χ1n) is 6.22. The molecule has 0 saturated heterocycles. The zero-order valence-corrected chi connectivity index (χ0v) is 11.3. The second kappa shape index (κ2) is 4.19. The first-order chi connectivity index (χ1) is 9.50. The van der Waals surface area contributed by atoms with Crippen molar-refractivity contribution in [3.63, 3.8) is 0 Å². The number of nitrogens with two attached hydrogens (primary N) is 1. The van der Waals surface area contributed by atoms with E-state index in [0.717, 1.165) is 11.3 Å². The molecule has 1 aliphatic heterocycles. The topological polar surface area (TPSA) is 81.2 Å². The van der Waals surface area contributed by atoms with Crippen LogP contribution < -0.4 is 5.73 Å². The molecule has 0 bridgehead atoms. The third kappa shape index (κ3) is 1.61. The van der Waals surface area contributed by atoms with Gasteiger partial charge < -0.3 is 10.6 Å². The Kier molecular flexibility index (Phi) is 2.60. The number of carbonyl (C=O) groups is 2. The van der Waals surface area contributed by atoms with Gasteiger partial charge in [0.15, 0.2) is 5.69 Å². The maximum Gasteiger partial charge on any atom is 0.269 e. The first kappa shape index (κ1) is 12.4. The van der Waals surface area contributed by atoms with E-state index < -0.39 is 5.91 Å². The highest BCUT2D eigenvalue weighted by Gasteiger charge is 2.28. The van der Waals surface area contributed by atoms with E-state index in [4.69, 9.17) is 5.73 Å². The standard InChI is InChI=1S/C14H14N4O2/c1-8-4-3-5-9-11(8)14(20)17(2)6-10-12(13(15)19)16-7-18(9)10/h3-5,7H,6H2,1-2H3,(H2,15,19). The largest absolute Gasteiger partial charge is 0.364 e. The Morgan fingerprint density at radius 2 is 2.15 bits per heavy atom. The lowest BCUT2D eigenvalue weighted by Crippen LogP contribution is -2.26. The lowest BCUT2D eigenvalue weighted by atomic mass is 10.1. The molecule has 3 rings (SSSR count). The Morgan fingerprint density at radius 1 is 1.40 bits per heavy atom. The van der Waals surface area contributed by atoms with Gasteiger partial charge in [-0.05, 0) is 18.6 Å². The Bertz CT molecular complexity index is 733. The van der Waals surface area contributed by atoms with Gasteiger partial charge in [0.05, 0.1) is 23.5 Å². The van der Waals surface area contributed by atoms with Gasteiger partial charge in [-0.25, -0.2) is 4.98 Å². The van der Waals surface area contributed by atoms with Gasteiger partial charge in [-0.1, -0.05) is 12.1 Å². The molecule has 1 aliphatic rings. The Balaban J connectivity index is 2.35. The van der Waals surface area contributed by atoms with Crippen molar-refractivity contribution in [3.8, 4) is 5.69 Å². The number of hydrogen-bond acceptors (Lipinski definition) is 3. The highest BCUT2D eigenvalue weighted by Crippen LogP contribution is 2.27. The summed E-state index contributed by atoms with van der Waals surface area (Å²) in [5.41, 5.74) is 8.44. The normalized spacial score (nSPS) is 13.7. The van der Waals surface area contributed by atoms with Crippen molar-refractivity contribution in [3.05, 3.63) is 47.0 Å². The zero-order valence-electron chi connectivity index (χ0n) is 11.3. The molecular weight excluding hydrogens is 256 g/mol. The van der Waals surface area contributed by atoms with Crippen molar-refractivity contribution < 1.29 is 9.59 Å². The molecule has 2 N–H and O–H groups in total. The number of amides is 2. The van der Waals surface area contributed by atoms with E-state index in [0.29, 0.717) is 17.8 Å². The number of rotatable bonds is 1. The molecule has 20 heavy (non-hydrogen) atoms. The fourth-order valence-corrected chi connectivity index (χ4v) is 2.56. The average Bonchev–Trinajstić information content (AvgIpc) is 2.77. The van der Waals surface area contributed by atoms with Crippen LogP contribution in [0.3, 0.4) is 0 Å². The van der Waals surface area contributed by atoms with Crippen LogP contribution in [0.1, 0.15) is 32.1 Å². The van der Waals surface area contributed by atoms with Gasteiger partial charge in [0, 0.05) is 7.05 Å². The summed E-state index contributed by atoms with van der Waals surface area (Å²) in [4.78, 5) is 29.6. The summed E-state index contributed by atoms with van der Waals surface area (Å²) in [7, 11) is 1.70. The number of fused-ring (bicyclic) bond motifs is 3. The Morgan fingerprint density at radius 3 is 2.85 bits per heavy atom. The van der Waals surface area contributed by atoms with Crippen molar-refractivity contribution in [1.29, 1.82) is 0 Å². The number of imidazole rings is 1. The van der Waals surface area contributed by atoms with Crippen LogP contribution >= 0.6 is 0 Å². The molecule has 6 heteroatoms. The molecule has 2 aromatic rings.